The first kappa shape index (κ1) is 21.1. The molecule has 0 saturated carbocycles. The highest BCUT2D eigenvalue weighted by molar-refractivity contribution is 7.89. The molecule has 0 radical (unpaired) electrons. The molecular formula is C19H20ClN3O5S. The molecule has 2 aromatic rings. The van der Waals surface area contributed by atoms with Gasteiger partial charge in [0.15, 0.2) is 0 Å². The minimum atomic E-state index is -4.02. The van der Waals surface area contributed by atoms with Crippen LogP contribution in [0.2, 0.25) is 5.02 Å². The molecule has 1 heterocycles. The smallest absolute Gasteiger partial charge is 0.259 e. The first-order valence-corrected chi connectivity index (χ1v) is 10.6. The number of sulfonamides is 1. The summed E-state index contributed by atoms with van der Waals surface area (Å²) in [4.78, 5) is 26.1. The Morgan fingerprint density at radius 2 is 1.97 bits per heavy atom. The quantitative estimate of drug-likeness (QED) is 0.720. The third-order valence-electron chi connectivity index (χ3n) is 4.57. The third-order valence-corrected chi connectivity index (χ3v) is 6.37. The first-order chi connectivity index (χ1) is 13.7. The highest BCUT2D eigenvalue weighted by atomic mass is 35.5. The number of halogens is 1. The number of likely N-dealkylation sites (N-methyl/N-ethyl adjacent to an activating group) is 1. The van der Waals surface area contributed by atoms with Gasteiger partial charge in [-0.1, -0.05) is 23.7 Å². The largest absolute Gasteiger partial charge is 0.496 e. The lowest BCUT2D eigenvalue weighted by molar-refractivity contribution is -0.127. The van der Waals surface area contributed by atoms with E-state index in [9.17, 15) is 18.0 Å². The lowest BCUT2D eigenvalue weighted by Gasteiger charge is -2.15. The summed E-state index contributed by atoms with van der Waals surface area (Å²) in [7, 11) is -1.03. The molecule has 1 saturated heterocycles. The molecule has 1 aliphatic heterocycles. The van der Waals surface area contributed by atoms with E-state index in [0.29, 0.717) is 23.7 Å². The second kappa shape index (κ2) is 8.40. The van der Waals surface area contributed by atoms with E-state index in [1.54, 1.807) is 31.3 Å². The molecule has 10 heteroatoms. The number of hydrogen-bond acceptors (Lipinski definition) is 5. The summed E-state index contributed by atoms with van der Waals surface area (Å²) in [6.45, 7) is 0.472. The van der Waals surface area contributed by atoms with E-state index in [2.05, 4.69) is 10.0 Å². The van der Waals surface area contributed by atoms with Crippen molar-refractivity contribution in [3.05, 3.63) is 53.1 Å². The molecule has 0 aromatic heterocycles. The summed E-state index contributed by atoms with van der Waals surface area (Å²) < 4.78 is 33.1. The van der Waals surface area contributed by atoms with Crippen LogP contribution in [-0.2, 0) is 14.8 Å². The Hall–Kier alpha value is -2.62. The van der Waals surface area contributed by atoms with E-state index in [0.717, 1.165) is 0 Å². The van der Waals surface area contributed by atoms with Gasteiger partial charge in [-0.2, -0.15) is 4.72 Å². The van der Waals surface area contributed by atoms with Gasteiger partial charge in [-0.15, -0.1) is 0 Å². The van der Waals surface area contributed by atoms with E-state index < -0.39 is 22.0 Å². The van der Waals surface area contributed by atoms with Gasteiger partial charge in [-0.05, 0) is 36.8 Å². The maximum atomic E-state index is 12.8. The van der Waals surface area contributed by atoms with E-state index in [1.807, 2.05) is 0 Å². The van der Waals surface area contributed by atoms with Gasteiger partial charge in [-0.3, -0.25) is 9.59 Å². The Balaban J connectivity index is 1.89. The fraction of sp³-hybridized carbons (Fsp3) is 0.263. The summed E-state index contributed by atoms with van der Waals surface area (Å²) in [5, 5.41) is 2.98. The summed E-state index contributed by atoms with van der Waals surface area (Å²) in [5.74, 6) is -0.673. The first-order valence-electron chi connectivity index (χ1n) is 8.74. The summed E-state index contributed by atoms with van der Waals surface area (Å²) in [6, 6.07) is 9.75. The van der Waals surface area contributed by atoms with Crippen LogP contribution in [0, 0.1) is 0 Å². The molecule has 0 aliphatic carbocycles. The van der Waals surface area contributed by atoms with Crippen LogP contribution < -0.4 is 14.8 Å². The topological polar surface area (TPSA) is 105 Å². The molecule has 1 fully saturated rings. The molecule has 2 amide bonds. The van der Waals surface area contributed by atoms with E-state index >= 15 is 0 Å². The molecule has 2 aromatic carbocycles. The number of rotatable bonds is 6. The normalized spacial score (nSPS) is 16.7. The van der Waals surface area contributed by atoms with Crippen molar-refractivity contribution in [3.63, 3.8) is 0 Å². The Bertz CT molecular complexity index is 1060. The van der Waals surface area contributed by atoms with Crippen LogP contribution in [-0.4, -0.2) is 51.9 Å². The summed E-state index contributed by atoms with van der Waals surface area (Å²) in [6.07, 6.45) is 0.380. The van der Waals surface area contributed by atoms with Gasteiger partial charge in [0.05, 0.1) is 28.3 Å². The number of carbonyl (C=O) groups excluding carboxylic acids is 2. The Morgan fingerprint density at radius 3 is 2.59 bits per heavy atom. The molecule has 29 heavy (non-hydrogen) atoms. The Labute approximate surface area is 173 Å². The van der Waals surface area contributed by atoms with Gasteiger partial charge in [0.1, 0.15) is 11.8 Å². The van der Waals surface area contributed by atoms with Gasteiger partial charge in [0, 0.05) is 13.6 Å². The number of carbonyl (C=O) groups is 2. The van der Waals surface area contributed by atoms with Crippen molar-refractivity contribution >= 4 is 39.1 Å². The molecule has 3 rings (SSSR count). The number of amides is 2. The Morgan fingerprint density at radius 1 is 1.24 bits per heavy atom. The van der Waals surface area contributed by atoms with Crippen molar-refractivity contribution in [3.8, 4) is 5.75 Å². The molecule has 0 bridgehead atoms. The lowest BCUT2D eigenvalue weighted by Crippen LogP contribution is -2.40. The van der Waals surface area contributed by atoms with Gasteiger partial charge in [0.25, 0.3) is 5.91 Å². The number of likely N-dealkylation sites (tertiary alicyclic amines) is 1. The number of hydrogen-bond donors (Lipinski definition) is 2. The van der Waals surface area contributed by atoms with Crippen LogP contribution in [0.5, 0.6) is 5.75 Å². The van der Waals surface area contributed by atoms with Crippen LogP contribution >= 0.6 is 11.6 Å². The van der Waals surface area contributed by atoms with Gasteiger partial charge >= 0.3 is 0 Å². The zero-order valence-corrected chi connectivity index (χ0v) is 17.4. The molecule has 1 aliphatic rings. The van der Waals surface area contributed by atoms with Crippen LogP contribution in [0.15, 0.2) is 47.4 Å². The van der Waals surface area contributed by atoms with E-state index in [4.69, 9.17) is 16.3 Å². The molecule has 0 spiro atoms. The van der Waals surface area contributed by atoms with Gasteiger partial charge in [-0.25, -0.2) is 8.42 Å². The molecular weight excluding hydrogens is 418 g/mol. The predicted octanol–water partition coefficient (Wildman–Crippen LogP) is 2.11. The lowest BCUT2D eigenvalue weighted by atomic mass is 10.2. The monoisotopic (exact) mass is 437 g/mol. The number of anilines is 1. The van der Waals surface area contributed by atoms with Crippen molar-refractivity contribution in [2.45, 2.75) is 17.4 Å². The van der Waals surface area contributed by atoms with Gasteiger partial charge < -0.3 is 15.0 Å². The molecule has 0 unspecified atom stereocenters. The second-order valence-electron chi connectivity index (χ2n) is 6.52. The maximum Gasteiger partial charge on any atom is 0.259 e. The van der Waals surface area contributed by atoms with Crippen molar-refractivity contribution in [2.24, 2.45) is 0 Å². The molecule has 2 N–H and O–H groups in total. The minimum absolute atomic E-state index is 0.0187. The minimum Gasteiger partial charge on any atom is -0.496 e. The van der Waals surface area contributed by atoms with Crippen LogP contribution in [0.25, 0.3) is 0 Å². The van der Waals surface area contributed by atoms with Crippen molar-refractivity contribution < 1.29 is 22.7 Å². The Kier molecular flexibility index (Phi) is 6.11. The molecule has 1 atom stereocenters. The highest BCUT2D eigenvalue weighted by Gasteiger charge is 2.33. The van der Waals surface area contributed by atoms with Crippen molar-refractivity contribution in [1.82, 2.24) is 9.62 Å². The number of nitrogens with zero attached hydrogens (tertiary/aromatic N) is 1. The number of methoxy groups -OCH3 is 1. The maximum absolute atomic E-state index is 12.8. The number of para-hydroxylation sites is 1. The standard InChI is InChI=1S/C19H20ClN3O5S/c1-23-10-9-16(19(23)25)22-29(26,27)12-7-8-17(28-2)13(11-12)18(24)21-15-6-4-3-5-14(15)20/h3-8,11,16,22H,9-10H2,1-2H3,(H,21,24)/t16-/m0/s1. The van der Waals surface area contributed by atoms with Crippen molar-refractivity contribution in [1.29, 1.82) is 0 Å². The van der Waals surface area contributed by atoms with E-state index in [-0.39, 0.29) is 22.1 Å². The third kappa shape index (κ3) is 4.52. The zero-order valence-electron chi connectivity index (χ0n) is 15.8. The van der Waals surface area contributed by atoms with Crippen LogP contribution in [0.3, 0.4) is 0 Å². The average Bonchev–Trinajstić information content (AvgIpc) is 3.00. The van der Waals surface area contributed by atoms with Crippen molar-refractivity contribution in [2.75, 3.05) is 26.0 Å². The van der Waals surface area contributed by atoms with Gasteiger partial charge in [0.2, 0.25) is 15.9 Å². The number of ether oxygens (including phenoxy) is 1. The number of benzene rings is 2. The van der Waals surface area contributed by atoms with Crippen LogP contribution in [0.1, 0.15) is 16.8 Å². The second-order valence-corrected chi connectivity index (χ2v) is 8.64. The SMILES string of the molecule is COc1ccc(S(=O)(=O)N[C@H]2CCN(C)C2=O)cc1C(=O)Nc1ccccc1Cl. The average molecular weight is 438 g/mol. The molecule has 8 nitrogen and oxygen atoms in total. The summed E-state index contributed by atoms with van der Waals surface area (Å²) >= 11 is 6.07. The molecule has 154 valence electrons. The fourth-order valence-electron chi connectivity index (χ4n) is 2.97. The zero-order chi connectivity index (χ0) is 21.2. The van der Waals surface area contributed by atoms with E-state index in [1.165, 1.54) is 30.2 Å². The fourth-order valence-corrected chi connectivity index (χ4v) is 4.40. The van der Waals surface area contributed by atoms with Crippen LogP contribution in [0.4, 0.5) is 5.69 Å². The number of nitrogens with one attached hydrogen (secondary N) is 2. The summed E-state index contributed by atoms with van der Waals surface area (Å²) in [5.41, 5.74) is 0.400. The predicted molar refractivity (Wildman–Crippen MR) is 109 cm³/mol. The highest BCUT2D eigenvalue weighted by Crippen LogP contribution is 2.26.